The van der Waals surface area contributed by atoms with Crippen LogP contribution in [0.2, 0.25) is 0 Å². The molecule has 0 aliphatic carbocycles. The lowest BCUT2D eigenvalue weighted by atomic mass is 10.2. The summed E-state index contributed by atoms with van der Waals surface area (Å²) in [6.45, 7) is 3.91. The normalized spacial score (nSPS) is 10.5. The zero-order valence-electron chi connectivity index (χ0n) is 11.0. The Hall–Kier alpha value is -1.81. The van der Waals surface area contributed by atoms with Crippen molar-refractivity contribution in [1.29, 1.82) is 0 Å². The summed E-state index contributed by atoms with van der Waals surface area (Å²) in [6, 6.07) is 9.75. The quantitative estimate of drug-likeness (QED) is 0.873. The number of amides is 1. The van der Waals surface area contributed by atoms with E-state index in [-0.39, 0.29) is 5.91 Å². The molecular formula is C14H16ClN3O. The van der Waals surface area contributed by atoms with Crippen LogP contribution >= 0.6 is 11.6 Å². The SMILES string of the molecule is Cc1cc(NC(=O)CCCl)n(-c2ccccc2C)n1. The molecule has 0 saturated carbocycles. The van der Waals surface area contributed by atoms with Crippen molar-refractivity contribution >= 4 is 23.3 Å². The first-order valence-corrected chi connectivity index (χ1v) is 6.63. The molecule has 2 aromatic rings. The lowest BCUT2D eigenvalue weighted by Gasteiger charge is -2.10. The van der Waals surface area contributed by atoms with Crippen LogP contribution in [0.1, 0.15) is 17.7 Å². The second kappa shape index (κ2) is 5.89. The molecule has 0 aliphatic rings. The fourth-order valence-corrected chi connectivity index (χ4v) is 2.04. The molecule has 1 heterocycles. The molecule has 1 aromatic heterocycles. The summed E-state index contributed by atoms with van der Waals surface area (Å²) in [6.07, 6.45) is 0.291. The van der Waals surface area contributed by atoms with Gasteiger partial charge in [-0.2, -0.15) is 5.10 Å². The van der Waals surface area contributed by atoms with Crippen molar-refractivity contribution < 1.29 is 4.79 Å². The molecule has 0 aliphatic heterocycles. The number of halogens is 1. The highest BCUT2D eigenvalue weighted by Gasteiger charge is 2.11. The minimum Gasteiger partial charge on any atom is -0.311 e. The number of hydrogen-bond donors (Lipinski definition) is 1. The van der Waals surface area contributed by atoms with Gasteiger partial charge in [0.2, 0.25) is 5.91 Å². The van der Waals surface area contributed by atoms with E-state index in [1.165, 1.54) is 0 Å². The summed E-state index contributed by atoms with van der Waals surface area (Å²) < 4.78 is 1.75. The molecule has 0 bridgehead atoms. The highest BCUT2D eigenvalue weighted by molar-refractivity contribution is 6.19. The van der Waals surface area contributed by atoms with Gasteiger partial charge in [-0.25, -0.2) is 4.68 Å². The molecule has 0 atom stereocenters. The van der Waals surface area contributed by atoms with E-state index in [1.54, 1.807) is 4.68 Å². The predicted molar refractivity (Wildman–Crippen MR) is 77.0 cm³/mol. The third-order valence-electron chi connectivity index (χ3n) is 2.76. The van der Waals surface area contributed by atoms with E-state index in [2.05, 4.69) is 10.4 Å². The lowest BCUT2D eigenvalue weighted by Crippen LogP contribution is -2.15. The number of carbonyl (C=O) groups is 1. The van der Waals surface area contributed by atoms with Gasteiger partial charge in [-0.05, 0) is 25.5 Å². The molecule has 2 rings (SSSR count). The summed E-state index contributed by atoms with van der Waals surface area (Å²) in [5.74, 6) is 0.871. The van der Waals surface area contributed by atoms with Crippen molar-refractivity contribution in [1.82, 2.24) is 9.78 Å². The summed E-state index contributed by atoms with van der Waals surface area (Å²) in [7, 11) is 0. The summed E-state index contributed by atoms with van der Waals surface area (Å²) in [5.41, 5.74) is 2.90. The zero-order valence-corrected chi connectivity index (χ0v) is 11.7. The van der Waals surface area contributed by atoms with Gasteiger partial charge in [0.25, 0.3) is 0 Å². The number of benzene rings is 1. The molecular weight excluding hydrogens is 262 g/mol. The Labute approximate surface area is 117 Å². The van der Waals surface area contributed by atoms with E-state index in [9.17, 15) is 4.79 Å². The van der Waals surface area contributed by atoms with Crippen LogP contribution in [-0.2, 0) is 4.79 Å². The van der Waals surface area contributed by atoms with E-state index in [0.29, 0.717) is 18.1 Å². The molecule has 1 aromatic carbocycles. The molecule has 1 N–H and O–H groups in total. The number of aryl methyl sites for hydroxylation is 2. The van der Waals surface area contributed by atoms with Crippen LogP contribution in [0.5, 0.6) is 0 Å². The van der Waals surface area contributed by atoms with Gasteiger partial charge in [0.1, 0.15) is 5.82 Å². The van der Waals surface area contributed by atoms with Gasteiger partial charge < -0.3 is 5.32 Å². The first-order chi connectivity index (χ1) is 9.11. The number of carbonyl (C=O) groups excluding carboxylic acids is 1. The van der Waals surface area contributed by atoms with E-state index in [1.807, 2.05) is 44.2 Å². The standard InChI is InChI=1S/C14H16ClN3O/c1-10-5-3-4-6-12(10)18-13(9-11(2)17-18)16-14(19)7-8-15/h3-6,9H,7-8H2,1-2H3,(H,16,19). The highest BCUT2D eigenvalue weighted by Crippen LogP contribution is 2.20. The third kappa shape index (κ3) is 3.15. The number of rotatable bonds is 4. The maximum atomic E-state index is 11.7. The fourth-order valence-electron chi connectivity index (χ4n) is 1.86. The first kappa shape index (κ1) is 13.6. The van der Waals surface area contributed by atoms with Gasteiger partial charge in [-0.3, -0.25) is 4.79 Å². The van der Waals surface area contributed by atoms with E-state index < -0.39 is 0 Å². The van der Waals surface area contributed by atoms with E-state index in [4.69, 9.17) is 11.6 Å². The molecule has 100 valence electrons. The molecule has 0 radical (unpaired) electrons. The number of para-hydroxylation sites is 1. The smallest absolute Gasteiger partial charge is 0.226 e. The molecule has 0 fully saturated rings. The maximum Gasteiger partial charge on any atom is 0.226 e. The Morgan fingerprint density at radius 1 is 1.37 bits per heavy atom. The minimum absolute atomic E-state index is 0.107. The van der Waals surface area contributed by atoms with Gasteiger partial charge in [-0.1, -0.05) is 18.2 Å². The Morgan fingerprint density at radius 3 is 2.79 bits per heavy atom. The van der Waals surface area contributed by atoms with Gasteiger partial charge in [0.15, 0.2) is 0 Å². The van der Waals surface area contributed by atoms with Gasteiger partial charge in [0, 0.05) is 18.4 Å². The summed E-state index contributed by atoms with van der Waals surface area (Å²) >= 11 is 5.57. The number of alkyl halides is 1. The van der Waals surface area contributed by atoms with Crippen LogP contribution in [-0.4, -0.2) is 21.6 Å². The van der Waals surface area contributed by atoms with Crippen molar-refractivity contribution in [3.05, 3.63) is 41.6 Å². The fraction of sp³-hybridized carbons (Fsp3) is 0.286. The number of nitrogens with zero attached hydrogens (tertiary/aromatic N) is 2. The maximum absolute atomic E-state index is 11.7. The highest BCUT2D eigenvalue weighted by atomic mass is 35.5. The van der Waals surface area contributed by atoms with E-state index in [0.717, 1.165) is 16.9 Å². The topological polar surface area (TPSA) is 46.9 Å². The molecule has 0 saturated heterocycles. The van der Waals surface area contributed by atoms with Crippen molar-refractivity contribution in [3.63, 3.8) is 0 Å². The Morgan fingerprint density at radius 2 is 2.11 bits per heavy atom. The average Bonchev–Trinajstić information content (AvgIpc) is 2.71. The molecule has 5 heteroatoms. The largest absolute Gasteiger partial charge is 0.311 e. The number of aromatic nitrogens is 2. The minimum atomic E-state index is -0.107. The van der Waals surface area contributed by atoms with Crippen molar-refractivity contribution in [2.24, 2.45) is 0 Å². The summed E-state index contributed by atoms with van der Waals surface area (Å²) in [5, 5.41) is 7.26. The Bertz CT molecular complexity index is 592. The first-order valence-electron chi connectivity index (χ1n) is 6.10. The number of nitrogens with one attached hydrogen (secondary N) is 1. The van der Waals surface area contributed by atoms with E-state index >= 15 is 0 Å². The van der Waals surface area contributed by atoms with Crippen molar-refractivity contribution in [2.75, 3.05) is 11.2 Å². The van der Waals surface area contributed by atoms with Gasteiger partial charge in [0.05, 0.1) is 11.4 Å². The average molecular weight is 278 g/mol. The second-order valence-corrected chi connectivity index (χ2v) is 4.73. The zero-order chi connectivity index (χ0) is 13.8. The van der Waals surface area contributed by atoms with Crippen LogP contribution in [0.4, 0.5) is 5.82 Å². The van der Waals surface area contributed by atoms with Crippen LogP contribution in [0.3, 0.4) is 0 Å². The molecule has 19 heavy (non-hydrogen) atoms. The van der Waals surface area contributed by atoms with Crippen molar-refractivity contribution in [2.45, 2.75) is 20.3 Å². The number of anilines is 1. The van der Waals surface area contributed by atoms with Gasteiger partial charge >= 0.3 is 0 Å². The monoisotopic (exact) mass is 277 g/mol. The molecule has 1 amide bonds. The summed E-state index contributed by atoms with van der Waals surface area (Å²) in [4.78, 5) is 11.7. The van der Waals surface area contributed by atoms with Gasteiger partial charge in [-0.15, -0.1) is 11.6 Å². The Balaban J connectivity index is 2.36. The third-order valence-corrected chi connectivity index (χ3v) is 2.95. The molecule has 0 unspecified atom stereocenters. The van der Waals surface area contributed by atoms with Crippen LogP contribution in [0.25, 0.3) is 5.69 Å². The van der Waals surface area contributed by atoms with Crippen LogP contribution in [0, 0.1) is 13.8 Å². The predicted octanol–water partition coefficient (Wildman–Crippen LogP) is 3.06. The molecule has 0 spiro atoms. The lowest BCUT2D eigenvalue weighted by molar-refractivity contribution is -0.115. The Kier molecular flexibility index (Phi) is 4.22. The number of hydrogen-bond acceptors (Lipinski definition) is 2. The van der Waals surface area contributed by atoms with Crippen LogP contribution < -0.4 is 5.32 Å². The van der Waals surface area contributed by atoms with Crippen LogP contribution in [0.15, 0.2) is 30.3 Å². The molecule has 4 nitrogen and oxygen atoms in total. The second-order valence-electron chi connectivity index (χ2n) is 4.36. The van der Waals surface area contributed by atoms with Crippen molar-refractivity contribution in [3.8, 4) is 5.69 Å².